The molecule has 1 aliphatic rings. The molecule has 0 amide bonds. The maximum Gasteiger partial charge on any atom is 0.293 e. The Morgan fingerprint density at radius 1 is 1.15 bits per heavy atom. The van der Waals surface area contributed by atoms with Gasteiger partial charge in [0.05, 0.1) is 12.0 Å². The molecule has 0 atom stereocenters. The molecule has 0 aliphatic carbocycles. The van der Waals surface area contributed by atoms with Crippen LogP contribution >= 0.6 is 0 Å². The van der Waals surface area contributed by atoms with E-state index in [4.69, 9.17) is 0 Å². The van der Waals surface area contributed by atoms with E-state index in [0.717, 1.165) is 31.6 Å². The molecule has 3 rings (SSSR count). The third-order valence-electron chi connectivity index (χ3n) is 5.02. The largest absolute Gasteiger partial charge is 0.352 e. The van der Waals surface area contributed by atoms with Gasteiger partial charge in [0, 0.05) is 50.6 Å². The van der Waals surface area contributed by atoms with Crippen molar-refractivity contribution in [2.75, 3.05) is 18.0 Å². The molecule has 0 saturated carbocycles. The Hall–Kier alpha value is -2.44. The SMILES string of the molecule is Cn1ccnc(N2CCC(Cn3cnc(C(C)(C)C)cc3=O)CC2)c1=O. The Bertz CT molecular complexity index is 886. The average Bonchev–Trinajstić information content (AvgIpc) is 2.59. The van der Waals surface area contributed by atoms with E-state index < -0.39 is 0 Å². The number of hydrogen-bond acceptors (Lipinski definition) is 5. The molecule has 1 fully saturated rings. The first-order valence-corrected chi connectivity index (χ1v) is 9.09. The molecular formula is C19H27N5O2. The first-order chi connectivity index (χ1) is 12.3. The van der Waals surface area contributed by atoms with Gasteiger partial charge in [-0.25, -0.2) is 9.97 Å². The Morgan fingerprint density at radius 2 is 1.85 bits per heavy atom. The summed E-state index contributed by atoms with van der Waals surface area (Å²) in [5.74, 6) is 0.917. The van der Waals surface area contributed by atoms with Crippen molar-refractivity contribution >= 4 is 5.82 Å². The van der Waals surface area contributed by atoms with Crippen molar-refractivity contribution in [3.8, 4) is 0 Å². The van der Waals surface area contributed by atoms with Gasteiger partial charge in [-0.3, -0.25) is 14.2 Å². The molecule has 1 aliphatic heterocycles. The van der Waals surface area contributed by atoms with Crippen molar-refractivity contribution in [2.45, 2.75) is 45.6 Å². The Morgan fingerprint density at radius 3 is 2.46 bits per heavy atom. The lowest BCUT2D eigenvalue weighted by molar-refractivity contribution is 0.348. The number of aryl methyl sites for hydroxylation is 1. The average molecular weight is 357 g/mol. The van der Waals surface area contributed by atoms with E-state index >= 15 is 0 Å². The fourth-order valence-electron chi connectivity index (χ4n) is 3.28. The van der Waals surface area contributed by atoms with E-state index in [2.05, 4.69) is 30.7 Å². The third-order valence-corrected chi connectivity index (χ3v) is 5.02. The van der Waals surface area contributed by atoms with Crippen LogP contribution in [0.3, 0.4) is 0 Å². The lowest BCUT2D eigenvalue weighted by Crippen LogP contribution is -2.40. The Labute approximate surface area is 153 Å². The standard InChI is InChI=1S/C19H27N5O2/c1-19(2,3)15-11-16(25)24(13-21-15)12-14-5-8-23(9-6-14)17-18(26)22(4)10-7-20-17/h7,10-11,13-14H,5-6,8-9,12H2,1-4H3. The van der Waals surface area contributed by atoms with Crippen LogP contribution in [0.4, 0.5) is 5.82 Å². The maximum absolute atomic E-state index is 12.4. The summed E-state index contributed by atoms with van der Waals surface area (Å²) in [7, 11) is 1.74. The van der Waals surface area contributed by atoms with Crippen LogP contribution in [0.2, 0.25) is 0 Å². The van der Waals surface area contributed by atoms with Gasteiger partial charge >= 0.3 is 0 Å². The fourth-order valence-corrected chi connectivity index (χ4v) is 3.28. The molecule has 0 N–H and O–H groups in total. The second kappa shape index (κ2) is 7.05. The quantitative estimate of drug-likeness (QED) is 0.833. The minimum absolute atomic E-state index is 0.00551. The predicted molar refractivity (Wildman–Crippen MR) is 102 cm³/mol. The van der Waals surface area contributed by atoms with Crippen LogP contribution in [0.15, 0.2) is 34.4 Å². The van der Waals surface area contributed by atoms with Gasteiger partial charge in [-0.2, -0.15) is 0 Å². The third kappa shape index (κ3) is 3.86. The summed E-state index contributed by atoms with van der Waals surface area (Å²) in [5, 5.41) is 0. The molecule has 140 valence electrons. The molecular weight excluding hydrogens is 330 g/mol. The summed E-state index contributed by atoms with van der Waals surface area (Å²) in [6, 6.07) is 1.65. The van der Waals surface area contributed by atoms with Gasteiger partial charge in [0.2, 0.25) is 0 Å². The van der Waals surface area contributed by atoms with Gasteiger partial charge in [0.15, 0.2) is 5.82 Å². The van der Waals surface area contributed by atoms with Crippen molar-refractivity contribution in [1.29, 1.82) is 0 Å². The fraction of sp³-hybridized carbons (Fsp3) is 0.579. The van der Waals surface area contributed by atoms with E-state index in [9.17, 15) is 9.59 Å². The Balaban J connectivity index is 1.65. The monoisotopic (exact) mass is 357 g/mol. The van der Waals surface area contributed by atoms with Crippen LogP contribution < -0.4 is 16.0 Å². The molecule has 2 aromatic heterocycles. The smallest absolute Gasteiger partial charge is 0.293 e. The predicted octanol–water partition coefficient (Wildman–Crippen LogP) is 1.55. The normalized spacial score (nSPS) is 16.1. The molecule has 0 aromatic carbocycles. The van der Waals surface area contributed by atoms with E-state index in [1.54, 1.807) is 41.0 Å². The number of nitrogens with zero attached hydrogens (tertiary/aromatic N) is 5. The van der Waals surface area contributed by atoms with Gasteiger partial charge in [0.25, 0.3) is 11.1 Å². The summed E-state index contributed by atoms with van der Waals surface area (Å²) >= 11 is 0. The number of anilines is 1. The first kappa shape index (κ1) is 18.4. The van der Waals surface area contributed by atoms with Gasteiger partial charge in [-0.1, -0.05) is 20.8 Å². The molecule has 26 heavy (non-hydrogen) atoms. The number of piperidine rings is 1. The van der Waals surface area contributed by atoms with Crippen molar-refractivity contribution in [1.82, 2.24) is 19.1 Å². The zero-order chi connectivity index (χ0) is 18.9. The highest BCUT2D eigenvalue weighted by atomic mass is 16.1. The highest BCUT2D eigenvalue weighted by molar-refractivity contribution is 5.36. The summed E-state index contributed by atoms with van der Waals surface area (Å²) in [4.78, 5) is 35.3. The lowest BCUT2D eigenvalue weighted by Gasteiger charge is -2.32. The topological polar surface area (TPSA) is 73.0 Å². The Kier molecular flexibility index (Phi) is 4.98. The zero-order valence-corrected chi connectivity index (χ0v) is 16.0. The van der Waals surface area contributed by atoms with Crippen molar-refractivity contribution in [3.63, 3.8) is 0 Å². The number of hydrogen-bond donors (Lipinski definition) is 0. The van der Waals surface area contributed by atoms with Crippen LogP contribution in [0.1, 0.15) is 39.3 Å². The highest BCUT2D eigenvalue weighted by Gasteiger charge is 2.23. The maximum atomic E-state index is 12.4. The molecule has 2 aromatic rings. The summed E-state index contributed by atoms with van der Waals surface area (Å²) in [6.45, 7) is 8.38. The summed E-state index contributed by atoms with van der Waals surface area (Å²) in [5.41, 5.74) is 0.632. The van der Waals surface area contributed by atoms with Crippen molar-refractivity contribution < 1.29 is 0 Å². The van der Waals surface area contributed by atoms with Gasteiger partial charge in [0.1, 0.15) is 0 Å². The van der Waals surface area contributed by atoms with Crippen LogP contribution in [-0.4, -0.2) is 32.2 Å². The second-order valence-corrected chi connectivity index (χ2v) is 8.11. The van der Waals surface area contributed by atoms with Gasteiger partial charge in [-0.15, -0.1) is 0 Å². The molecule has 1 saturated heterocycles. The van der Waals surface area contributed by atoms with Crippen LogP contribution in [0.25, 0.3) is 0 Å². The van der Waals surface area contributed by atoms with Crippen LogP contribution in [0, 0.1) is 5.92 Å². The van der Waals surface area contributed by atoms with E-state index in [1.807, 2.05) is 4.90 Å². The summed E-state index contributed by atoms with van der Waals surface area (Å²) in [6.07, 6.45) is 6.84. The van der Waals surface area contributed by atoms with E-state index in [1.165, 1.54) is 0 Å². The number of rotatable bonds is 3. The molecule has 7 nitrogen and oxygen atoms in total. The van der Waals surface area contributed by atoms with Crippen molar-refractivity contribution in [3.05, 3.63) is 51.2 Å². The van der Waals surface area contributed by atoms with Crippen LogP contribution in [0.5, 0.6) is 0 Å². The molecule has 0 spiro atoms. The lowest BCUT2D eigenvalue weighted by atomic mass is 9.92. The zero-order valence-electron chi connectivity index (χ0n) is 16.0. The highest BCUT2D eigenvalue weighted by Crippen LogP contribution is 2.21. The van der Waals surface area contributed by atoms with E-state index in [-0.39, 0.29) is 16.5 Å². The van der Waals surface area contributed by atoms with Gasteiger partial charge in [-0.05, 0) is 18.8 Å². The molecule has 7 heteroatoms. The summed E-state index contributed by atoms with van der Waals surface area (Å²) < 4.78 is 3.26. The molecule has 0 unspecified atom stereocenters. The van der Waals surface area contributed by atoms with E-state index in [0.29, 0.717) is 18.3 Å². The second-order valence-electron chi connectivity index (χ2n) is 8.11. The van der Waals surface area contributed by atoms with Crippen molar-refractivity contribution in [2.24, 2.45) is 13.0 Å². The van der Waals surface area contributed by atoms with Gasteiger partial charge < -0.3 is 9.47 Å². The van der Waals surface area contributed by atoms with Crippen LogP contribution in [-0.2, 0) is 19.0 Å². The molecule has 3 heterocycles. The minimum Gasteiger partial charge on any atom is -0.352 e. The molecule has 0 bridgehead atoms. The molecule has 0 radical (unpaired) electrons. The number of aromatic nitrogens is 4. The minimum atomic E-state index is -0.127. The first-order valence-electron chi connectivity index (χ1n) is 9.09.